The van der Waals surface area contributed by atoms with Gasteiger partial charge < -0.3 is 5.11 Å². The molecule has 0 aliphatic heterocycles. The van der Waals surface area contributed by atoms with Gasteiger partial charge in [0.05, 0.1) is 17.8 Å². The molecule has 0 bridgehead atoms. The molecule has 4 nitrogen and oxygen atoms in total. The van der Waals surface area contributed by atoms with E-state index in [1.54, 1.807) is 11.3 Å². The van der Waals surface area contributed by atoms with Crippen LogP contribution in [0.5, 0.6) is 0 Å². The maximum atomic E-state index is 11.2. The van der Waals surface area contributed by atoms with E-state index in [0.29, 0.717) is 0 Å². The zero-order valence-electron chi connectivity index (χ0n) is 12.1. The Hall–Kier alpha value is -1.36. The monoisotopic (exact) mass is 292 g/mol. The summed E-state index contributed by atoms with van der Waals surface area (Å²) in [6.45, 7) is 6.43. The van der Waals surface area contributed by atoms with Crippen LogP contribution >= 0.6 is 11.3 Å². The van der Waals surface area contributed by atoms with Crippen LogP contribution in [0.2, 0.25) is 0 Å². The Morgan fingerprint density at radius 1 is 1.55 bits per heavy atom. The lowest BCUT2D eigenvalue weighted by Gasteiger charge is -2.18. The lowest BCUT2D eigenvalue weighted by molar-refractivity contribution is -0.136. The van der Waals surface area contributed by atoms with Crippen LogP contribution in [0.1, 0.15) is 55.1 Å². The summed E-state index contributed by atoms with van der Waals surface area (Å²) in [5.74, 6) is 0.200. The molecule has 0 saturated carbocycles. The third-order valence-corrected chi connectivity index (χ3v) is 5.16. The summed E-state index contributed by atoms with van der Waals surface area (Å²) in [6.07, 6.45) is 3.39. The maximum absolute atomic E-state index is 11.2. The minimum Gasteiger partial charge on any atom is -0.481 e. The second kappa shape index (κ2) is 4.88. The van der Waals surface area contributed by atoms with Crippen molar-refractivity contribution in [3.63, 3.8) is 0 Å². The molecule has 108 valence electrons. The molecule has 2 aromatic heterocycles. The highest BCUT2D eigenvalue weighted by Gasteiger charge is 2.26. The second-order valence-corrected chi connectivity index (χ2v) is 7.17. The molecule has 1 unspecified atom stereocenters. The number of carboxylic acids is 1. The second-order valence-electron chi connectivity index (χ2n) is 6.11. The maximum Gasteiger partial charge on any atom is 0.309 e. The summed E-state index contributed by atoms with van der Waals surface area (Å²) in [4.78, 5) is 18.3. The normalized spacial score (nSPS) is 18.7. The fourth-order valence-corrected chi connectivity index (χ4v) is 4.43. The summed E-state index contributed by atoms with van der Waals surface area (Å²) < 4.78 is 2.13. The van der Waals surface area contributed by atoms with Gasteiger partial charge in [0.2, 0.25) is 0 Å². The van der Waals surface area contributed by atoms with Crippen LogP contribution in [0, 0.1) is 5.92 Å². The van der Waals surface area contributed by atoms with Gasteiger partial charge >= 0.3 is 5.97 Å². The highest BCUT2D eigenvalue weighted by molar-refractivity contribution is 7.17. The first-order valence-electron chi connectivity index (χ1n) is 7.21. The van der Waals surface area contributed by atoms with Crippen LogP contribution in [0.3, 0.4) is 0 Å². The molecule has 0 amide bonds. The number of aryl methyl sites for hydroxylation is 1. The average Bonchev–Trinajstić information content (AvgIpc) is 2.85. The van der Waals surface area contributed by atoms with Crippen LogP contribution < -0.4 is 0 Å². The van der Waals surface area contributed by atoms with Crippen molar-refractivity contribution in [1.82, 2.24) is 9.38 Å². The van der Waals surface area contributed by atoms with E-state index >= 15 is 0 Å². The number of thiazole rings is 1. The van der Waals surface area contributed by atoms with E-state index in [1.165, 1.54) is 17.0 Å². The number of fused-ring (bicyclic) bond motifs is 3. The molecular formula is C15H20N2O2S. The number of aromatic nitrogens is 2. The van der Waals surface area contributed by atoms with Gasteiger partial charge in [-0.15, -0.1) is 11.3 Å². The summed E-state index contributed by atoms with van der Waals surface area (Å²) >= 11 is 1.74. The molecular weight excluding hydrogens is 272 g/mol. The number of nitrogens with zero attached hydrogens (tertiary/aromatic N) is 2. The number of hydrogen-bond donors (Lipinski definition) is 1. The van der Waals surface area contributed by atoms with Crippen LogP contribution in [0.25, 0.3) is 4.96 Å². The van der Waals surface area contributed by atoms with Crippen molar-refractivity contribution in [3.8, 4) is 0 Å². The average molecular weight is 292 g/mol. The van der Waals surface area contributed by atoms with Crippen molar-refractivity contribution in [2.75, 3.05) is 0 Å². The number of hydrogen-bond acceptors (Lipinski definition) is 3. The highest BCUT2D eigenvalue weighted by atomic mass is 32.1. The molecule has 0 fully saturated rings. The molecule has 1 aliphatic carbocycles. The Morgan fingerprint density at radius 2 is 2.30 bits per heavy atom. The Morgan fingerprint density at radius 3 is 2.95 bits per heavy atom. The third kappa shape index (κ3) is 2.14. The number of rotatable bonds is 3. The van der Waals surface area contributed by atoms with Crippen LogP contribution in [-0.4, -0.2) is 20.5 Å². The first kappa shape index (κ1) is 13.6. The van der Waals surface area contributed by atoms with Crippen molar-refractivity contribution in [3.05, 3.63) is 22.0 Å². The summed E-state index contributed by atoms with van der Waals surface area (Å²) in [5, 5.41) is 9.20. The topological polar surface area (TPSA) is 54.6 Å². The minimum absolute atomic E-state index is 0.0629. The molecule has 3 rings (SSSR count). The van der Waals surface area contributed by atoms with E-state index in [1.807, 2.05) is 0 Å². The first-order chi connectivity index (χ1) is 9.47. The van der Waals surface area contributed by atoms with Crippen molar-refractivity contribution < 1.29 is 9.90 Å². The molecule has 0 spiro atoms. The van der Waals surface area contributed by atoms with Gasteiger partial charge in [-0.3, -0.25) is 9.20 Å². The van der Waals surface area contributed by atoms with E-state index in [9.17, 15) is 9.90 Å². The van der Waals surface area contributed by atoms with E-state index in [4.69, 9.17) is 4.98 Å². The number of carboxylic acid groups (broad SMARTS) is 1. The lowest BCUT2D eigenvalue weighted by atomic mass is 9.93. The standard InChI is InChI=1S/C15H20N2O2S/c1-8(2)14-11(7-13(18)19)17-10-5-4-9(3)6-12(10)20-15(17)16-14/h8-9H,4-7H2,1-3H3,(H,18,19). The smallest absolute Gasteiger partial charge is 0.309 e. The Balaban J connectivity index is 2.19. The molecule has 1 N–H and O–H groups in total. The Bertz CT molecular complexity index is 669. The fourth-order valence-electron chi connectivity index (χ4n) is 3.08. The number of carbonyl (C=O) groups is 1. The summed E-state index contributed by atoms with van der Waals surface area (Å²) in [6, 6.07) is 0. The lowest BCUT2D eigenvalue weighted by Crippen LogP contribution is -2.13. The fraction of sp³-hybridized carbons (Fsp3) is 0.600. The zero-order chi connectivity index (χ0) is 14.4. The molecule has 0 saturated heterocycles. The van der Waals surface area contributed by atoms with E-state index < -0.39 is 5.97 Å². The van der Waals surface area contributed by atoms with Crippen LogP contribution in [0.15, 0.2) is 0 Å². The Kier molecular flexibility index (Phi) is 3.32. The van der Waals surface area contributed by atoms with Gasteiger partial charge in [-0.1, -0.05) is 20.8 Å². The predicted molar refractivity (Wildman–Crippen MR) is 79.7 cm³/mol. The SMILES string of the molecule is CC1CCc2c(sc3nc(C(C)C)c(CC(=O)O)n23)C1. The van der Waals surface area contributed by atoms with E-state index in [-0.39, 0.29) is 12.3 Å². The van der Waals surface area contributed by atoms with Crippen molar-refractivity contribution >= 4 is 22.3 Å². The van der Waals surface area contributed by atoms with E-state index in [2.05, 4.69) is 25.2 Å². The predicted octanol–water partition coefficient (Wildman–Crippen LogP) is 3.27. The molecule has 2 aromatic rings. The van der Waals surface area contributed by atoms with Gasteiger partial charge in [0.1, 0.15) is 0 Å². The molecule has 1 aliphatic rings. The molecule has 5 heteroatoms. The Labute approximate surface area is 122 Å². The first-order valence-corrected chi connectivity index (χ1v) is 8.02. The van der Waals surface area contributed by atoms with Crippen molar-refractivity contribution in [2.24, 2.45) is 5.92 Å². The molecule has 1 atom stereocenters. The zero-order valence-corrected chi connectivity index (χ0v) is 13.0. The minimum atomic E-state index is -0.780. The van der Waals surface area contributed by atoms with Crippen molar-refractivity contribution in [2.45, 2.75) is 52.4 Å². The quantitative estimate of drug-likeness (QED) is 0.944. The van der Waals surface area contributed by atoms with E-state index in [0.717, 1.165) is 35.1 Å². The van der Waals surface area contributed by atoms with Gasteiger partial charge in [-0.2, -0.15) is 0 Å². The molecule has 0 radical (unpaired) electrons. The van der Waals surface area contributed by atoms with Gasteiger partial charge in [0, 0.05) is 10.6 Å². The number of imidazole rings is 1. The largest absolute Gasteiger partial charge is 0.481 e. The summed E-state index contributed by atoms with van der Waals surface area (Å²) in [5.41, 5.74) is 3.13. The number of aliphatic carboxylic acids is 1. The molecule has 20 heavy (non-hydrogen) atoms. The van der Waals surface area contributed by atoms with Gasteiger partial charge in [0.25, 0.3) is 0 Å². The van der Waals surface area contributed by atoms with Crippen LogP contribution in [0.4, 0.5) is 0 Å². The summed E-state index contributed by atoms with van der Waals surface area (Å²) in [7, 11) is 0. The molecule has 2 heterocycles. The van der Waals surface area contributed by atoms with Crippen molar-refractivity contribution in [1.29, 1.82) is 0 Å². The highest BCUT2D eigenvalue weighted by Crippen LogP contribution is 2.35. The third-order valence-electron chi connectivity index (χ3n) is 4.05. The van der Waals surface area contributed by atoms with Gasteiger partial charge in [-0.05, 0) is 31.1 Å². The van der Waals surface area contributed by atoms with Gasteiger partial charge in [0.15, 0.2) is 4.96 Å². The van der Waals surface area contributed by atoms with Gasteiger partial charge in [-0.25, -0.2) is 4.98 Å². The molecule has 0 aromatic carbocycles. The van der Waals surface area contributed by atoms with Crippen LogP contribution in [-0.2, 0) is 24.1 Å².